The van der Waals surface area contributed by atoms with Gasteiger partial charge < -0.3 is 19.3 Å². The monoisotopic (exact) mass is 332 g/mol. The van der Waals surface area contributed by atoms with E-state index in [2.05, 4.69) is 41.5 Å². The van der Waals surface area contributed by atoms with E-state index in [4.69, 9.17) is 19.3 Å². The van der Waals surface area contributed by atoms with Crippen LogP contribution in [0.1, 0.15) is 68.2 Å². The molecule has 0 rings (SSSR count). The largest absolute Gasteiger partial charge is 0.394 e. The summed E-state index contributed by atoms with van der Waals surface area (Å²) in [5, 5.41) is 8.94. The summed E-state index contributed by atoms with van der Waals surface area (Å²) in [7, 11) is 0. The minimum Gasteiger partial charge on any atom is -0.394 e. The van der Waals surface area contributed by atoms with Crippen molar-refractivity contribution in [1.29, 1.82) is 0 Å². The van der Waals surface area contributed by atoms with E-state index >= 15 is 0 Å². The molecule has 0 bridgehead atoms. The minimum absolute atomic E-state index is 0.00322. The number of aliphatic hydroxyl groups is 1. The highest BCUT2D eigenvalue weighted by molar-refractivity contribution is 4.78. The Hall–Kier alpha value is -0.160. The van der Waals surface area contributed by atoms with E-state index in [1.807, 2.05) is 13.8 Å². The van der Waals surface area contributed by atoms with Gasteiger partial charge in [0.05, 0.1) is 43.7 Å². The third kappa shape index (κ3) is 11.1. The molecule has 0 aliphatic heterocycles. The Labute approximate surface area is 143 Å². The lowest BCUT2D eigenvalue weighted by Crippen LogP contribution is -2.38. The van der Waals surface area contributed by atoms with Gasteiger partial charge in [0, 0.05) is 0 Å². The highest BCUT2D eigenvalue weighted by Crippen LogP contribution is 2.28. The molecule has 4 nitrogen and oxygen atoms in total. The van der Waals surface area contributed by atoms with Gasteiger partial charge in [-0.25, -0.2) is 0 Å². The van der Waals surface area contributed by atoms with E-state index < -0.39 is 0 Å². The molecule has 0 aromatic heterocycles. The van der Waals surface area contributed by atoms with Gasteiger partial charge in [-0.3, -0.25) is 0 Å². The van der Waals surface area contributed by atoms with Crippen LogP contribution in [0.3, 0.4) is 0 Å². The Morgan fingerprint density at radius 1 is 0.783 bits per heavy atom. The summed E-state index contributed by atoms with van der Waals surface area (Å²) in [4.78, 5) is 0. The molecule has 0 aromatic rings. The van der Waals surface area contributed by atoms with Crippen LogP contribution in [0.4, 0.5) is 0 Å². The van der Waals surface area contributed by atoms with Crippen LogP contribution in [-0.4, -0.2) is 48.8 Å². The molecule has 23 heavy (non-hydrogen) atoms. The van der Waals surface area contributed by atoms with E-state index in [1.165, 1.54) is 12.8 Å². The molecule has 4 heteroatoms. The van der Waals surface area contributed by atoms with Gasteiger partial charge in [0.15, 0.2) is 0 Å². The molecule has 4 unspecified atom stereocenters. The van der Waals surface area contributed by atoms with E-state index in [1.54, 1.807) is 0 Å². The molecule has 0 saturated heterocycles. The van der Waals surface area contributed by atoms with E-state index in [0.717, 1.165) is 5.92 Å². The van der Waals surface area contributed by atoms with E-state index in [9.17, 15) is 0 Å². The normalized spacial score (nSPS) is 18.0. The maximum atomic E-state index is 8.94. The van der Waals surface area contributed by atoms with E-state index in [0.29, 0.717) is 19.1 Å². The molecule has 4 atom stereocenters. The second-order valence-corrected chi connectivity index (χ2v) is 7.87. The van der Waals surface area contributed by atoms with Crippen LogP contribution in [0.15, 0.2) is 0 Å². The first kappa shape index (κ1) is 22.8. The quantitative estimate of drug-likeness (QED) is 0.553. The second-order valence-electron chi connectivity index (χ2n) is 7.87. The minimum atomic E-state index is -0.150. The lowest BCUT2D eigenvalue weighted by molar-refractivity contribution is -0.134. The predicted octanol–water partition coefficient (Wildman–Crippen LogP) is 4.04. The van der Waals surface area contributed by atoms with Gasteiger partial charge >= 0.3 is 0 Å². The summed E-state index contributed by atoms with van der Waals surface area (Å²) in [5.41, 5.74) is -0.150. The van der Waals surface area contributed by atoms with Crippen molar-refractivity contribution >= 4 is 0 Å². The average Bonchev–Trinajstić information content (AvgIpc) is 2.47. The fraction of sp³-hybridized carbons (Fsp3) is 1.00. The summed E-state index contributed by atoms with van der Waals surface area (Å²) in [6.07, 6.45) is 2.31. The van der Waals surface area contributed by atoms with Crippen molar-refractivity contribution in [2.75, 3.05) is 19.8 Å². The zero-order valence-corrected chi connectivity index (χ0v) is 16.6. The van der Waals surface area contributed by atoms with Crippen molar-refractivity contribution < 1.29 is 19.3 Å². The van der Waals surface area contributed by atoms with Crippen LogP contribution < -0.4 is 0 Å². The van der Waals surface area contributed by atoms with Crippen molar-refractivity contribution in [3.05, 3.63) is 0 Å². The van der Waals surface area contributed by atoms with Gasteiger partial charge in [-0.05, 0) is 52.9 Å². The average molecular weight is 333 g/mol. The number of rotatable bonds is 13. The van der Waals surface area contributed by atoms with Crippen LogP contribution >= 0.6 is 0 Å². The van der Waals surface area contributed by atoms with Gasteiger partial charge in [-0.2, -0.15) is 0 Å². The van der Waals surface area contributed by atoms with Crippen LogP contribution in [0.2, 0.25) is 0 Å². The van der Waals surface area contributed by atoms with Crippen LogP contribution in [0.5, 0.6) is 0 Å². The topological polar surface area (TPSA) is 47.9 Å². The number of ether oxygens (including phenoxy) is 3. The summed E-state index contributed by atoms with van der Waals surface area (Å²) >= 11 is 0. The molecule has 0 radical (unpaired) electrons. The molecule has 1 N–H and O–H groups in total. The molecular weight excluding hydrogens is 292 g/mol. The van der Waals surface area contributed by atoms with Gasteiger partial charge in [0.1, 0.15) is 0 Å². The molecule has 0 aliphatic carbocycles. The fourth-order valence-corrected chi connectivity index (χ4v) is 2.30. The van der Waals surface area contributed by atoms with Crippen LogP contribution in [-0.2, 0) is 14.2 Å². The summed E-state index contributed by atoms with van der Waals surface area (Å²) in [5.74, 6) is 1.25. The molecule has 0 saturated carbocycles. The van der Waals surface area contributed by atoms with Crippen LogP contribution in [0, 0.1) is 11.8 Å². The Morgan fingerprint density at radius 2 is 1.30 bits per heavy atom. The zero-order valence-electron chi connectivity index (χ0n) is 16.6. The van der Waals surface area contributed by atoms with E-state index in [-0.39, 0.29) is 30.5 Å². The maximum Gasteiger partial charge on any atom is 0.0788 e. The number of aliphatic hydroxyl groups excluding tert-OH is 1. The molecule has 0 spiro atoms. The number of hydrogen-bond acceptors (Lipinski definition) is 4. The molecule has 0 aliphatic rings. The highest BCUT2D eigenvalue weighted by Gasteiger charge is 2.28. The molecule has 0 aromatic carbocycles. The lowest BCUT2D eigenvalue weighted by Gasteiger charge is -2.35. The third-order valence-electron chi connectivity index (χ3n) is 4.36. The Kier molecular flexibility index (Phi) is 11.3. The van der Waals surface area contributed by atoms with Crippen molar-refractivity contribution in [3.63, 3.8) is 0 Å². The van der Waals surface area contributed by atoms with Crippen molar-refractivity contribution in [2.45, 2.75) is 92.1 Å². The van der Waals surface area contributed by atoms with Crippen LogP contribution in [0.25, 0.3) is 0 Å². The molecular formula is C19H40O4. The Balaban J connectivity index is 4.08. The smallest absolute Gasteiger partial charge is 0.0788 e. The van der Waals surface area contributed by atoms with Gasteiger partial charge in [0.25, 0.3) is 0 Å². The molecule has 0 amide bonds. The van der Waals surface area contributed by atoms with Crippen molar-refractivity contribution in [1.82, 2.24) is 0 Å². The van der Waals surface area contributed by atoms with Crippen molar-refractivity contribution in [3.8, 4) is 0 Å². The fourth-order valence-electron chi connectivity index (χ4n) is 2.30. The summed E-state index contributed by atoms with van der Waals surface area (Å²) < 4.78 is 17.5. The molecule has 0 heterocycles. The van der Waals surface area contributed by atoms with Gasteiger partial charge in [-0.15, -0.1) is 0 Å². The highest BCUT2D eigenvalue weighted by atomic mass is 16.6. The van der Waals surface area contributed by atoms with Crippen molar-refractivity contribution in [2.24, 2.45) is 11.8 Å². The van der Waals surface area contributed by atoms with Gasteiger partial charge in [0.2, 0.25) is 0 Å². The first-order chi connectivity index (χ1) is 10.6. The Morgan fingerprint density at radius 3 is 1.83 bits per heavy atom. The standard InChI is InChI=1S/C19H40O4/c1-14(2)9-10-15(3)19(7,8)23-18(6)13-22-17(5)12-21-16(4)11-20/h14-18,20H,9-13H2,1-8H3. The Bertz CT molecular complexity index is 291. The zero-order chi connectivity index (χ0) is 18.0. The third-order valence-corrected chi connectivity index (χ3v) is 4.36. The summed E-state index contributed by atoms with van der Waals surface area (Å²) in [6, 6.07) is 0. The predicted molar refractivity (Wildman–Crippen MR) is 95.8 cm³/mol. The van der Waals surface area contributed by atoms with Gasteiger partial charge in [-0.1, -0.05) is 27.2 Å². The maximum absolute atomic E-state index is 8.94. The number of hydrogen-bond donors (Lipinski definition) is 1. The SMILES string of the molecule is CC(C)CCC(C)C(C)(C)OC(C)COC(C)COC(C)CO. The first-order valence-electron chi connectivity index (χ1n) is 9.10. The molecule has 0 fully saturated rings. The second kappa shape index (κ2) is 11.4. The first-order valence-corrected chi connectivity index (χ1v) is 9.10. The summed E-state index contributed by atoms with van der Waals surface area (Å²) in [6.45, 7) is 18.1. The lowest BCUT2D eigenvalue weighted by atomic mass is 9.86. The molecule has 140 valence electrons.